The highest BCUT2D eigenvalue weighted by atomic mass is 16.2. The number of nitrogens with one attached hydrogen (secondary N) is 1. The van der Waals surface area contributed by atoms with E-state index in [2.05, 4.69) is 57.9 Å². The average Bonchev–Trinajstić information content (AvgIpc) is 3.58. The maximum atomic E-state index is 13.4. The Balaban J connectivity index is 1.38. The molecule has 0 saturated heterocycles. The van der Waals surface area contributed by atoms with Crippen molar-refractivity contribution in [2.75, 3.05) is 0 Å². The number of nitrogens with zero attached hydrogens (tertiary/aromatic N) is 5. The summed E-state index contributed by atoms with van der Waals surface area (Å²) in [5.74, 6) is 1.75. The minimum Gasteiger partial charge on any atom is -0.294 e. The van der Waals surface area contributed by atoms with Gasteiger partial charge in [0.2, 0.25) is 5.82 Å². The van der Waals surface area contributed by atoms with Crippen LogP contribution in [-0.2, 0) is 11.3 Å². The van der Waals surface area contributed by atoms with E-state index in [0.717, 1.165) is 73.0 Å². The molecule has 32 heavy (non-hydrogen) atoms. The van der Waals surface area contributed by atoms with Crippen molar-refractivity contribution in [3.63, 3.8) is 0 Å². The van der Waals surface area contributed by atoms with E-state index in [4.69, 9.17) is 4.99 Å². The lowest BCUT2D eigenvalue weighted by Gasteiger charge is -2.23. The highest BCUT2D eigenvalue weighted by Crippen LogP contribution is 2.40. The predicted octanol–water partition coefficient (Wildman–Crippen LogP) is 4.78. The molecule has 1 amide bonds. The van der Waals surface area contributed by atoms with Crippen LogP contribution in [0.15, 0.2) is 53.5 Å². The minimum absolute atomic E-state index is 0.202. The van der Waals surface area contributed by atoms with Gasteiger partial charge >= 0.3 is 0 Å². The smallest absolute Gasteiger partial charge is 0.256 e. The molecular formula is C25H28N6O. The highest BCUT2D eigenvalue weighted by Gasteiger charge is 2.49. The Morgan fingerprint density at radius 1 is 1.03 bits per heavy atom. The molecule has 1 aliphatic carbocycles. The first-order chi connectivity index (χ1) is 15.7. The second kappa shape index (κ2) is 8.65. The van der Waals surface area contributed by atoms with Crippen molar-refractivity contribution in [2.24, 2.45) is 4.99 Å². The van der Waals surface area contributed by atoms with E-state index in [1.165, 1.54) is 0 Å². The van der Waals surface area contributed by atoms with Crippen LogP contribution in [-0.4, -0.2) is 42.8 Å². The maximum absolute atomic E-state index is 13.4. The third kappa shape index (κ3) is 3.72. The van der Waals surface area contributed by atoms with Crippen molar-refractivity contribution < 1.29 is 4.79 Å². The number of aliphatic imine (C=N–C) groups is 1. The summed E-state index contributed by atoms with van der Waals surface area (Å²) in [7, 11) is 0. The molecule has 164 valence electrons. The van der Waals surface area contributed by atoms with Gasteiger partial charge in [-0.15, -0.1) is 10.2 Å². The summed E-state index contributed by atoms with van der Waals surface area (Å²) in [5.41, 5.74) is 3.69. The molecule has 1 spiro atoms. The molecule has 3 aromatic rings. The quantitative estimate of drug-likeness (QED) is 0.580. The number of tetrazole rings is 1. The zero-order valence-electron chi connectivity index (χ0n) is 18.4. The Hall–Kier alpha value is -3.35. The molecule has 1 aliphatic heterocycles. The average molecular weight is 434 g/mol. The minimum atomic E-state index is -0.480. The molecule has 1 N–H and O–H groups in total. The third-order valence-corrected chi connectivity index (χ3v) is 6.60. The molecule has 0 bridgehead atoms. The van der Waals surface area contributed by atoms with Crippen LogP contribution in [0.2, 0.25) is 0 Å². The molecule has 1 fully saturated rings. The number of amides is 1. The fourth-order valence-corrected chi connectivity index (χ4v) is 4.88. The van der Waals surface area contributed by atoms with E-state index in [9.17, 15) is 4.79 Å². The maximum Gasteiger partial charge on any atom is 0.256 e. The molecule has 0 radical (unpaired) electrons. The van der Waals surface area contributed by atoms with Crippen LogP contribution >= 0.6 is 0 Å². The Morgan fingerprint density at radius 2 is 1.78 bits per heavy atom. The van der Waals surface area contributed by atoms with Crippen LogP contribution in [0.3, 0.4) is 0 Å². The first-order valence-corrected chi connectivity index (χ1v) is 11.5. The lowest BCUT2D eigenvalue weighted by atomic mass is 9.98. The molecule has 2 heterocycles. The summed E-state index contributed by atoms with van der Waals surface area (Å²) < 4.78 is 0. The van der Waals surface area contributed by atoms with Gasteiger partial charge in [0.05, 0.1) is 6.54 Å². The molecule has 0 atom stereocenters. The second-order valence-electron chi connectivity index (χ2n) is 8.74. The topological polar surface area (TPSA) is 87.1 Å². The number of benzene rings is 2. The van der Waals surface area contributed by atoms with Crippen LogP contribution in [0, 0.1) is 0 Å². The Bertz CT molecular complexity index is 1110. The number of hydrogen-bond acceptors (Lipinski definition) is 5. The molecule has 1 aromatic heterocycles. The molecule has 0 unspecified atom stereocenters. The summed E-state index contributed by atoms with van der Waals surface area (Å²) in [6.45, 7) is 2.76. The van der Waals surface area contributed by atoms with Gasteiger partial charge < -0.3 is 0 Å². The van der Waals surface area contributed by atoms with Gasteiger partial charge in [0.15, 0.2) is 0 Å². The molecule has 7 nitrogen and oxygen atoms in total. The molecule has 2 aliphatic rings. The Labute approximate surface area is 188 Å². The van der Waals surface area contributed by atoms with E-state index >= 15 is 0 Å². The monoisotopic (exact) mass is 434 g/mol. The highest BCUT2D eigenvalue weighted by molar-refractivity contribution is 6.08. The number of hydrogen-bond donors (Lipinski definition) is 1. The van der Waals surface area contributed by atoms with Gasteiger partial charge in [-0.25, -0.2) is 0 Å². The third-order valence-electron chi connectivity index (χ3n) is 6.60. The van der Waals surface area contributed by atoms with Gasteiger partial charge in [-0.3, -0.25) is 14.7 Å². The van der Waals surface area contributed by atoms with Gasteiger partial charge in [0.1, 0.15) is 11.4 Å². The van der Waals surface area contributed by atoms with Crippen molar-refractivity contribution in [3.8, 4) is 22.5 Å². The zero-order chi connectivity index (χ0) is 22.0. The van der Waals surface area contributed by atoms with E-state index in [0.29, 0.717) is 12.4 Å². The zero-order valence-corrected chi connectivity index (χ0v) is 18.4. The van der Waals surface area contributed by atoms with Gasteiger partial charge in [0.25, 0.3) is 5.91 Å². The summed E-state index contributed by atoms with van der Waals surface area (Å²) in [5, 5.41) is 14.5. The van der Waals surface area contributed by atoms with E-state index in [-0.39, 0.29) is 5.91 Å². The van der Waals surface area contributed by atoms with Crippen LogP contribution in [0.1, 0.15) is 57.4 Å². The number of carbonyl (C=O) groups excluding carboxylic acids is 1. The van der Waals surface area contributed by atoms with E-state index in [1.54, 1.807) is 0 Å². The molecule has 5 rings (SSSR count). The second-order valence-corrected chi connectivity index (χ2v) is 8.74. The van der Waals surface area contributed by atoms with Gasteiger partial charge in [-0.1, -0.05) is 74.7 Å². The number of aromatic amines is 1. The van der Waals surface area contributed by atoms with Crippen LogP contribution in [0.5, 0.6) is 0 Å². The molecule has 2 aromatic carbocycles. The van der Waals surface area contributed by atoms with Gasteiger partial charge in [-0.05, 0) is 41.2 Å². The van der Waals surface area contributed by atoms with Crippen molar-refractivity contribution in [1.29, 1.82) is 0 Å². The molecular weight excluding hydrogens is 406 g/mol. The number of amidine groups is 1. The van der Waals surface area contributed by atoms with Crippen molar-refractivity contribution in [3.05, 3.63) is 54.1 Å². The normalized spacial score (nSPS) is 17.3. The van der Waals surface area contributed by atoms with Crippen LogP contribution in [0.25, 0.3) is 22.5 Å². The van der Waals surface area contributed by atoms with Crippen molar-refractivity contribution >= 4 is 11.7 Å². The Kier molecular flexibility index (Phi) is 5.55. The summed E-state index contributed by atoms with van der Waals surface area (Å²) in [6, 6.07) is 16.4. The number of rotatable bonds is 7. The van der Waals surface area contributed by atoms with Gasteiger partial charge in [0, 0.05) is 12.0 Å². The Morgan fingerprint density at radius 3 is 2.47 bits per heavy atom. The fourth-order valence-electron chi connectivity index (χ4n) is 4.88. The molecule has 7 heteroatoms. The largest absolute Gasteiger partial charge is 0.294 e. The number of aromatic nitrogens is 4. The summed E-state index contributed by atoms with van der Waals surface area (Å²) in [4.78, 5) is 20.3. The summed E-state index contributed by atoms with van der Waals surface area (Å²) in [6.07, 6.45) is 7.01. The van der Waals surface area contributed by atoms with Crippen molar-refractivity contribution in [2.45, 2.75) is 64.0 Å². The lowest BCUT2D eigenvalue weighted by Crippen LogP contribution is -2.40. The van der Waals surface area contributed by atoms with Crippen LogP contribution in [0.4, 0.5) is 0 Å². The first-order valence-electron chi connectivity index (χ1n) is 11.5. The first kappa shape index (κ1) is 20.5. The standard InChI is InChI=1S/C25H28N6O/c1-2-3-10-22-26-25(15-6-7-16-25)24(32)31(22)17-18-11-13-19(14-12-18)20-8-4-5-9-21(20)23-27-29-30-28-23/h4-5,8-9,11-14H,2-3,6-7,10,15-17H2,1H3,(H,27,28,29,30)/i11+1,12+1,13+1,14+1,18+1,19+1. The number of carbonyl (C=O) groups is 1. The van der Waals surface area contributed by atoms with Crippen LogP contribution < -0.4 is 0 Å². The predicted molar refractivity (Wildman–Crippen MR) is 124 cm³/mol. The molecule has 1 saturated carbocycles. The number of unbranched alkanes of at least 4 members (excludes halogenated alkanes) is 1. The SMILES string of the molecule is CCCCC1=NC2(CCCC2)C(=O)N1C[13c]1[13cH][13cH][13c](-c2ccccc2-c2nn[nH]n2)[13cH][13cH]1. The van der Waals surface area contributed by atoms with Gasteiger partial charge in [-0.2, -0.15) is 5.21 Å². The number of H-pyrrole nitrogens is 1. The fraction of sp³-hybridized carbons (Fsp3) is 0.400. The van der Waals surface area contributed by atoms with E-state index < -0.39 is 5.54 Å². The van der Waals surface area contributed by atoms with Crippen molar-refractivity contribution in [1.82, 2.24) is 25.5 Å². The van der Waals surface area contributed by atoms with E-state index in [1.807, 2.05) is 23.1 Å². The summed E-state index contributed by atoms with van der Waals surface area (Å²) >= 11 is 0. The lowest BCUT2D eigenvalue weighted by molar-refractivity contribution is -0.131.